The fraction of sp³-hybridized carbons (Fsp3) is 0.603. The molecular weight excluding hydrogens is 1450 g/mol. The zero-order chi connectivity index (χ0) is 83.2. The fourth-order valence-corrected chi connectivity index (χ4v) is 11.5. The topological polar surface area (TPSA) is 628 Å². The molecule has 13 unspecified atom stereocenters. The number of aromatic amines is 1. The largest absolute Gasteiger partial charge is 0.481 e. The van der Waals surface area contributed by atoms with E-state index in [1.807, 2.05) is 0 Å². The Kier molecular flexibility index (Phi) is 42.0. The second-order valence-electron chi connectivity index (χ2n) is 28.4. The number of aliphatic hydroxyl groups is 4. The highest BCUT2D eigenvalue weighted by Crippen LogP contribution is 2.20. The molecule has 38 heteroatoms. The Labute approximate surface area is 643 Å². The molecule has 618 valence electrons. The minimum absolute atomic E-state index is 0.111. The molecule has 0 fully saturated rings. The summed E-state index contributed by atoms with van der Waals surface area (Å²) in [7, 11) is 0. The molecule has 3 rings (SSSR count). The van der Waals surface area contributed by atoms with Crippen LogP contribution in [0.25, 0.3) is 10.9 Å². The van der Waals surface area contributed by atoms with Crippen molar-refractivity contribution in [2.45, 2.75) is 211 Å². The van der Waals surface area contributed by atoms with Gasteiger partial charge in [0.15, 0.2) is 0 Å². The lowest BCUT2D eigenvalue weighted by Gasteiger charge is -2.29. The Morgan fingerprint density at radius 1 is 0.396 bits per heavy atom. The number of carboxylic acid groups (broad SMARTS) is 2. The number of benzene rings is 2. The van der Waals surface area contributed by atoms with E-state index < -0.39 is 224 Å². The normalized spacial score (nSPS) is 14.9. The molecular formula is C73H115N17O21. The van der Waals surface area contributed by atoms with Gasteiger partial charge in [-0.1, -0.05) is 123 Å². The Hall–Kier alpha value is -10.2. The van der Waals surface area contributed by atoms with E-state index in [4.69, 9.17) is 17.2 Å². The van der Waals surface area contributed by atoms with Crippen LogP contribution in [0.4, 0.5) is 0 Å². The molecule has 26 N–H and O–H groups in total. The zero-order valence-electron chi connectivity index (χ0n) is 64.1. The van der Waals surface area contributed by atoms with Gasteiger partial charge in [-0.25, -0.2) is 4.79 Å². The average Bonchev–Trinajstić information content (AvgIpc) is 1.70. The molecule has 13 atom stereocenters. The van der Waals surface area contributed by atoms with Crippen LogP contribution in [0, 0.1) is 23.7 Å². The fourth-order valence-electron chi connectivity index (χ4n) is 11.5. The summed E-state index contributed by atoms with van der Waals surface area (Å²) in [5, 5.41) is 92.4. The molecule has 111 heavy (non-hydrogen) atoms. The van der Waals surface area contributed by atoms with Crippen LogP contribution < -0.4 is 86.3 Å². The van der Waals surface area contributed by atoms with Crippen LogP contribution in [-0.4, -0.2) is 249 Å². The second-order valence-corrected chi connectivity index (χ2v) is 28.4. The lowest BCUT2D eigenvalue weighted by atomic mass is 9.98. The SMILES string of the molecule is CC(C)CCCCC(O)CC(=O)NC(C(=O)NC(CCN)C(=O)NCC(=O)NC(CO)C(=O)NC(Cc1c[nH]c2ccccc12)C(=O)NC(CO)C(=O)NC(CCN)C(=O)NC(CCN)C(=O)NC(Cc1ccccc1)C(=O)NC(CCC(=O)O)C(=O)NC(C(=O)NC(C(=O)NC(CO)C(=O)O)C(C)C)C(C)C)C(C)C. The molecule has 38 nitrogen and oxygen atoms in total. The number of aliphatic carboxylic acids is 2. The molecule has 0 aliphatic heterocycles. The highest BCUT2D eigenvalue weighted by atomic mass is 16.4. The van der Waals surface area contributed by atoms with Gasteiger partial charge in [-0.15, -0.1) is 0 Å². The summed E-state index contributed by atoms with van der Waals surface area (Å²) in [6, 6.07) is -3.95. The van der Waals surface area contributed by atoms with Gasteiger partial charge in [0, 0.05) is 36.4 Å². The lowest BCUT2D eigenvalue weighted by Crippen LogP contribution is -2.62. The number of amides is 13. The predicted molar refractivity (Wildman–Crippen MR) is 404 cm³/mol. The van der Waals surface area contributed by atoms with Crippen LogP contribution in [-0.2, 0) is 84.8 Å². The zero-order valence-corrected chi connectivity index (χ0v) is 64.1. The van der Waals surface area contributed by atoms with E-state index in [2.05, 4.69) is 87.9 Å². The third-order valence-electron chi connectivity index (χ3n) is 17.8. The van der Waals surface area contributed by atoms with E-state index in [0.29, 0.717) is 40.8 Å². The van der Waals surface area contributed by atoms with Crippen LogP contribution in [0.1, 0.15) is 131 Å². The van der Waals surface area contributed by atoms with Crippen LogP contribution in [0.15, 0.2) is 60.8 Å². The Bertz CT molecular complexity index is 3580. The van der Waals surface area contributed by atoms with Gasteiger partial charge in [0.2, 0.25) is 76.8 Å². The first-order valence-electron chi connectivity index (χ1n) is 37.1. The molecule has 0 aliphatic carbocycles. The standard InChI is InChI=1S/C73H115N17O21/c1-38(2)16-12-13-19-44(94)32-56(95)88-59(39(3)4)70(107)83-48(24-27-74)62(99)78-34-57(96)79-53(35-91)68(105)85-52(31-43-33-77-46-21-15-14-20-45(43)46)67(104)86-54(36-92)69(106)82-49(25-28-75)63(100)81-50(26-29-76)64(101)84-51(30-42-17-10-9-11-18-42)66(103)80-47(22-23-58(97)98)65(102)89-61(41(7)8)72(109)90-60(40(5)6)71(108)87-55(37-93)73(110)111/h9-11,14-15,17-18,20-21,33,38-41,44,47-55,59-61,77,91-94H,12-13,16,19,22-32,34-37,74-76H2,1-8H3,(H,78,99)(H,79,96)(H,80,103)(H,81,100)(H,82,106)(H,83,107)(H,84,101)(H,85,105)(H,86,104)(H,87,108)(H,88,95)(H,89,102)(H,90,109)(H,97,98)(H,110,111). The molecule has 0 saturated heterocycles. The van der Waals surface area contributed by atoms with Crippen molar-refractivity contribution in [3.8, 4) is 0 Å². The third-order valence-corrected chi connectivity index (χ3v) is 17.8. The van der Waals surface area contributed by atoms with Gasteiger partial charge in [0.1, 0.15) is 72.5 Å². The predicted octanol–water partition coefficient (Wildman–Crippen LogP) is -5.20. The first-order chi connectivity index (χ1) is 52.5. The van der Waals surface area contributed by atoms with Gasteiger partial charge in [-0.3, -0.25) is 67.1 Å². The molecule has 0 aliphatic rings. The van der Waals surface area contributed by atoms with Gasteiger partial charge in [0.05, 0.1) is 38.9 Å². The first-order valence-corrected chi connectivity index (χ1v) is 37.1. The van der Waals surface area contributed by atoms with Crippen molar-refractivity contribution in [2.75, 3.05) is 46.0 Å². The van der Waals surface area contributed by atoms with Crippen molar-refractivity contribution in [3.05, 3.63) is 71.9 Å². The maximum atomic E-state index is 14.5. The number of unbranched alkanes of at least 4 members (excludes halogenated alkanes) is 1. The molecule has 1 aromatic heterocycles. The van der Waals surface area contributed by atoms with Crippen LogP contribution in [0.3, 0.4) is 0 Å². The molecule has 1 heterocycles. The van der Waals surface area contributed by atoms with Crippen LogP contribution >= 0.6 is 0 Å². The van der Waals surface area contributed by atoms with Gasteiger partial charge < -0.3 is 122 Å². The lowest BCUT2D eigenvalue weighted by molar-refractivity contribution is -0.144. The summed E-state index contributed by atoms with van der Waals surface area (Å²) in [6.07, 6.45) is 0.630. The number of carbonyl (C=O) groups excluding carboxylic acids is 13. The van der Waals surface area contributed by atoms with Crippen molar-refractivity contribution in [2.24, 2.45) is 40.9 Å². The maximum absolute atomic E-state index is 14.5. The average molecular weight is 1570 g/mol. The summed E-state index contributed by atoms with van der Waals surface area (Å²) >= 11 is 0. The summed E-state index contributed by atoms with van der Waals surface area (Å²) in [5.74, 6) is -17.2. The van der Waals surface area contributed by atoms with E-state index in [0.717, 1.165) is 12.8 Å². The van der Waals surface area contributed by atoms with E-state index >= 15 is 0 Å². The first kappa shape index (κ1) is 95.0. The van der Waals surface area contributed by atoms with Crippen molar-refractivity contribution < 1.29 is 103 Å². The number of fused-ring (bicyclic) bond motifs is 1. The quantitative estimate of drug-likeness (QED) is 0.0235. The molecule has 2 aromatic carbocycles. The van der Waals surface area contributed by atoms with Crippen molar-refractivity contribution >= 4 is 99.6 Å². The number of carboxylic acids is 2. The number of aliphatic hydroxyl groups excluding tert-OH is 4. The minimum Gasteiger partial charge on any atom is -0.481 e. The monoisotopic (exact) mass is 1570 g/mol. The number of rotatable bonds is 52. The summed E-state index contributed by atoms with van der Waals surface area (Å²) in [5.41, 5.74) is 19.1. The summed E-state index contributed by atoms with van der Waals surface area (Å²) in [4.78, 5) is 207. The molecule has 0 saturated carbocycles. The second kappa shape index (κ2) is 49.1. The smallest absolute Gasteiger partial charge is 0.328 e. The number of hydrogen-bond acceptors (Lipinski definition) is 22. The van der Waals surface area contributed by atoms with E-state index in [-0.39, 0.29) is 58.2 Å². The maximum Gasteiger partial charge on any atom is 0.328 e. The molecule has 0 spiro atoms. The van der Waals surface area contributed by atoms with Crippen molar-refractivity contribution in [1.29, 1.82) is 0 Å². The number of carbonyl (C=O) groups is 15. The highest BCUT2D eigenvalue weighted by molar-refractivity contribution is 6.00. The minimum atomic E-state index is -1.89. The molecule has 13 amide bonds. The van der Waals surface area contributed by atoms with Gasteiger partial charge >= 0.3 is 11.9 Å². The number of para-hydroxylation sites is 1. The molecule has 0 bridgehead atoms. The number of H-pyrrole nitrogens is 1. The summed E-state index contributed by atoms with van der Waals surface area (Å²) in [6.45, 7) is 8.95. The van der Waals surface area contributed by atoms with Crippen molar-refractivity contribution in [1.82, 2.24) is 74.1 Å². The number of aromatic nitrogens is 1. The Balaban J connectivity index is 1.84. The number of hydrogen-bond donors (Lipinski definition) is 23. The van der Waals surface area contributed by atoms with Crippen molar-refractivity contribution in [3.63, 3.8) is 0 Å². The van der Waals surface area contributed by atoms with Crippen LogP contribution in [0.5, 0.6) is 0 Å². The number of nitrogens with one attached hydrogen (secondary N) is 14. The molecule has 0 radical (unpaired) electrons. The third kappa shape index (κ3) is 33.1. The van der Waals surface area contributed by atoms with Gasteiger partial charge in [0.25, 0.3) is 0 Å². The molecule has 3 aromatic rings. The van der Waals surface area contributed by atoms with Gasteiger partial charge in [-0.05, 0) is 92.6 Å². The highest BCUT2D eigenvalue weighted by Gasteiger charge is 2.38. The Morgan fingerprint density at radius 2 is 0.784 bits per heavy atom. The van der Waals surface area contributed by atoms with Crippen LogP contribution in [0.2, 0.25) is 0 Å². The number of nitrogens with two attached hydrogens (primary N) is 3. The summed E-state index contributed by atoms with van der Waals surface area (Å²) < 4.78 is 0. The van der Waals surface area contributed by atoms with Gasteiger partial charge in [-0.2, -0.15) is 0 Å². The van der Waals surface area contributed by atoms with E-state index in [9.17, 15) is 103 Å². The Morgan fingerprint density at radius 3 is 1.27 bits per heavy atom. The van der Waals surface area contributed by atoms with E-state index in [1.165, 1.54) is 33.9 Å². The van der Waals surface area contributed by atoms with E-state index in [1.54, 1.807) is 68.4 Å².